The molecule has 1 heterocycles. The summed E-state index contributed by atoms with van der Waals surface area (Å²) in [7, 11) is 0. The number of hydrogen-bond donors (Lipinski definition) is 1. The molecule has 0 saturated heterocycles. The highest BCUT2D eigenvalue weighted by atomic mass is 32.1. The predicted molar refractivity (Wildman–Crippen MR) is 66.8 cm³/mol. The smallest absolute Gasteiger partial charge is 0.239 e. The first-order chi connectivity index (χ1) is 6.96. The van der Waals surface area contributed by atoms with Crippen molar-refractivity contribution in [2.45, 2.75) is 40.2 Å². The zero-order chi connectivity index (χ0) is 11.5. The van der Waals surface area contributed by atoms with Crippen molar-refractivity contribution in [2.24, 2.45) is 0 Å². The van der Waals surface area contributed by atoms with E-state index in [4.69, 9.17) is 0 Å². The summed E-state index contributed by atoms with van der Waals surface area (Å²) in [5.41, 5.74) is 0.0417. The summed E-state index contributed by atoms with van der Waals surface area (Å²) in [6, 6.07) is 0. The van der Waals surface area contributed by atoms with Crippen molar-refractivity contribution in [3.8, 4) is 0 Å². The Bertz CT molecular complexity index is 299. The number of nitrogens with zero attached hydrogens (tertiary/aromatic N) is 3. The zero-order valence-corrected chi connectivity index (χ0v) is 11.0. The van der Waals surface area contributed by atoms with Gasteiger partial charge in [-0.3, -0.25) is 0 Å². The van der Waals surface area contributed by atoms with Gasteiger partial charge in [-0.25, -0.2) is 0 Å². The van der Waals surface area contributed by atoms with Gasteiger partial charge in [-0.15, -0.1) is 0 Å². The SMILES string of the molecule is CCN(CC)c1nsc(NC(C)(C)C)n1. The van der Waals surface area contributed by atoms with Crippen LogP contribution in [0.5, 0.6) is 0 Å². The van der Waals surface area contributed by atoms with Gasteiger partial charge >= 0.3 is 0 Å². The Morgan fingerprint density at radius 1 is 1.27 bits per heavy atom. The molecule has 0 aliphatic heterocycles. The van der Waals surface area contributed by atoms with Crippen LogP contribution in [0.3, 0.4) is 0 Å². The van der Waals surface area contributed by atoms with Crippen LogP contribution in [-0.4, -0.2) is 28.0 Å². The number of anilines is 2. The molecule has 0 saturated carbocycles. The Balaban J connectivity index is 2.71. The first-order valence-electron chi connectivity index (χ1n) is 5.33. The Kier molecular flexibility index (Phi) is 3.90. The van der Waals surface area contributed by atoms with Gasteiger partial charge in [0.2, 0.25) is 11.1 Å². The van der Waals surface area contributed by atoms with E-state index in [-0.39, 0.29) is 5.54 Å². The summed E-state index contributed by atoms with van der Waals surface area (Å²) in [4.78, 5) is 6.60. The van der Waals surface area contributed by atoms with Gasteiger partial charge in [0.05, 0.1) is 0 Å². The van der Waals surface area contributed by atoms with Crippen LogP contribution < -0.4 is 10.2 Å². The molecule has 0 bridgehead atoms. The van der Waals surface area contributed by atoms with Crippen LogP contribution in [-0.2, 0) is 0 Å². The quantitative estimate of drug-likeness (QED) is 0.860. The number of aromatic nitrogens is 2. The zero-order valence-electron chi connectivity index (χ0n) is 10.2. The molecule has 0 aliphatic carbocycles. The molecule has 1 aromatic rings. The Labute approximate surface area is 95.9 Å². The van der Waals surface area contributed by atoms with Gasteiger partial charge in [0.15, 0.2) is 0 Å². The van der Waals surface area contributed by atoms with Gasteiger partial charge < -0.3 is 10.2 Å². The van der Waals surface area contributed by atoms with Crippen LogP contribution >= 0.6 is 11.5 Å². The highest BCUT2D eigenvalue weighted by molar-refractivity contribution is 7.09. The third-order valence-electron chi connectivity index (χ3n) is 1.94. The van der Waals surface area contributed by atoms with Crippen LogP contribution in [0.2, 0.25) is 0 Å². The van der Waals surface area contributed by atoms with Crippen molar-refractivity contribution in [1.29, 1.82) is 0 Å². The third-order valence-corrected chi connectivity index (χ3v) is 2.56. The lowest BCUT2D eigenvalue weighted by Crippen LogP contribution is -2.26. The van der Waals surface area contributed by atoms with Crippen molar-refractivity contribution in [3.63, 3.8) is 0 Å². The van der Waals surface area contributed by atoms with Gasteiger partial charge in [0.25, 0.3) is 0 Å². The van der Waals surface area contributed by atoms with E-state index in [1.54, 1.807) is 0 Å². The van der Waals surface area contributed by atoms with Crippen LogP contribution in [0.1, 0.15) is 34.6 Å². The number of nitrogens with one attached hydrogen (secondary N) is 1. The van der Waals surface area contributed by atoms with Gasteiger partial charge in [-0.05, 0) is 34.6 Å². The highest BCUT2D eigenvalue weighted by Gasteiger charge is 2.14. The normalized spacial score (nSPS) is 11.5. The van der Waals surface area contributed by atoms with Crippen molar-refractivity contribution in [1.82, 2.24) is 9.36 Å². The van der Waals surface area contributed by atoms with Gasteiger partial charge in [-0.2, -0.15) is 9.36 Å². The topological polar surface area (TPSA) is 41.1 Å². The van der Waals surface area contributed by atoms with E-state index in [0.717, 1.165) is 24.2 Å². The van der Waals surface area contributed by atoms with E-state index in [2.05, 4.69) is 54.2 Å². The largest absolute Gasteiger partial charge is 0.356 e. The molecule has 86 valence electrons. The maximum Gasteiger partial charge on any atom is 0.239 e. The van der Waals surface area contributed by atoms with Crippen molar-refractivity contribution in [3.05, 3.63) is 0 Å². The van der Waals surface area contributed by atoms with Crippen LogP contribution in [0.4, 0.5) is 11.1 Å². The van der Waals surface area contributed by atoms with Crippen LogP contribution in [0.15, 0.2) is 0 Å². The minimum Gasteiger partial charge on any atom is -0.356 e. The Morgan fingerprint density at radius 2 is 1.87 bits per heavy atom. The minimum absolute atomic E-state index is 0.0417. The molecule has 5 heteroatoms. The molecule has 0 unspecified atom stereocenters. The average Bonchev–Trinajstić information content (AvgIpc) is 2.52. The fourth-order valence-corrected chi connectivity index (χ4v) is 2.02. The lowest BCUT2D eigenvalue weighted by Gasteiger charge is -2.19. The lowest BCUT2D eigenvalue weighted by molar-refractivity contribution is 0.633. The third kappa shape index (κ3) is 3.66. The molecule has 1 aromatic heterocycles. The van der Waals surface area contributed by atoms with Crippen LogP contribution in [0.25, 0.3) is 0 Å². The second-order valence-electron chi connectivity index (χ2n) is 4.45. The standard InChI is InChI=1S/C10H20N4S/c1-6-14(7-2)8-11-9(15-13-8)12-10(3,4)5/h6-7H2,1-5H3,(H,11,12,13). The molecule has 0 radical (unpaired) electrons. The molecule has 1 rings (SSSR count). The molecule has 0 fully saturated rings. The van der Waals surface area contributed by atoms with Gasteiger partial charge in [-0.1, -0.05) is 0 Å². The summed E-state index contributed by atoms with van der Waals surface area (Å²) in [5, 5.41) is 4.22. The summed E-state index contributed by atoms with van der Waals surface area (Å²) >= 11 is 1.42. The Hall–Kier alpha value is -0.840. The predicted octanol–water partition coefficient (Wildman–Crippen LogP) is 2.59. The van der Waals surface area contributed by atoms with E-state index in [9.17, 15) is 0 Å². The molecule has 0 atom stereocenters. The van der Waals surface area contributed by atoms with E-state index >= 15 is 0 Å². The van der Waals surface area contributed by atoms with Crippen molar-refractivity contribution >= 4 is 22.6 Å². The molecular weight excluding hydrogens is 208 g/mol. The summed E-state index contributed by atoms with van der Waals surface area (Å²) in [6.07, 6.45) is 0. The molecule has 0 aliphatic rings. The maximum absolute atomic E-state index is 4.46. The molecular formula is C10H20N4S. The lowest BCUT2D eigenvalue weighted by atomic mass is 10.1. The second-order valence-corrected chi connectivity index (χ2v) is 5.20. The fraction of sp³-hybridized carbons (Fsp3) is 0.800. The van der Waals surface area contributed by atoms with Crippen LogP contribution in [0, 0.1) is 0 Å². The van der Waals surface area contributed by atoms with E-state index < -0.39 is 0 Å². The summed E-state index contributed by atoms with van der Waals surface area (Å²) in [5.74, 6) is 0.830. The first kappa shape index (κ1) is 12.2. The molecule has 1 N–H and O–H groups in total. The molecule has 0 aromatic carbocycles. The highest BCUT2D eigenvalue weighted by Crippen LogP contribution is 2.20. The molecule has 0 amide bonds. The summed E-state index contributed by atoms with van der Waals surface area (Å²) in [6.45, 7) is 12.5. The first-order valence-corrected chi connectivity index (χ1v) is 6.10. The van der Waals surface area contributed by atoms with E-state index in [0.29, 0.717) is 0 Å². The minimum atomic E-state index is 0.0417. The van der Waals surface area contributed by atoms with E-state index in [1.165, 1.54) is 11.5 Å². The number of hydrogen-bond acceptors (Lipinski definition) is 5. The molecule has 15 heavy (non-hydrogen) atoms. The molecule has 4 nitrogen and oxygen atoms in total. The summed E-state index contributed by atoms with van der Waals surface area (Å²) < 4.78 is 4.34. The monoisotopic (exact) mass is 228 g/mol. The average molecular weight is 228 g/mol. The van der Waals surface area contributed by atoms with Crippen molar-refractivity contribution < 1.29 is 0 Å². The number of rotatable bonds is 4. The molecule has 0 spiro atoms. The fourth-order valence-electron chi connectivity index (χ4n) is 1.22. The van der Waals surface area contributed by atoms with Crippen molar-refractivity contribution in [2.75, 3.05) is 23.3 Å². The second kappa shape index (κ2) is 4.79. The van der Waals surface area contributed by atoms with Gasteiger partial charge in [0, 0.05) is 30.2 Å². The van der Waals surface area contributed by atoms with E-state index in [1.807, 2.05) is 0 Å². The Morgan fingerprint density at radius 3 is 2.33 bits per heavy atom. The van der Waals surface area contributed by atoms with Gasteiger partial charge in [0.1, 0.15) is 0 Å². The maximum atomic E-state index is 4.46.